The average Bonchev–Trinajstić information content (AvgIpc) is 3.38. The van der Waals surface area contributed by atoms with Gasteiger partial charge in [-0.2, -0.15) is 0 Å². The van der Waals surface area contributed by atoms with Crippen molar-refractivity contribution in [3.8, 4) is 17.2 Å². The summed E-state index contributed by atoms with van der Waals surface area (Å²) in [7, 11) is 0. The van der Waals surface area contributed by atoms with Crippen LogP contribution >= 0.6 is 0 Å². The van der Waals surface area contributed by atoms with Crippen molar-refractivity contribution in [3.63, 3.8) is 0 Å². The summed E-state index contributed by atoms with van der Waals surface area (Å²) in [6, 6.07) is 70.8. The fraction of sp³-hybridized carbons (Fsp3) is 0.138. The first-order valence-corrected chi connectivity index (χ1v) is 22.2. The lowest BCUT2D eigenvalue weighted by molar-refractivity contribution is -0.00893. The number of aldehydes is 2. The van der Waals surface area contributed by atoms with Crippen LogP contribution < -0.4 is 20.1 Å². The summed E-state index contributed by atoms with van der Waals surface area (Å²) in [5.74, 6) is 2.20. The maximum Gasteiger partial charge on any atom is 0.179 e. The molecule has 3 atom stereocenters. The number of anilines is 1. The molecule has 0 spiro atoms. The third-order valence-corrected chi connectivity index (χ3v) is 11.5. The average molecular weight is 872 g/mol. The van der Waals surface area contributed by atoms with E-state index >= 15 is 0 Å². The van der Waals surface area contributed by atoms with Crippen LogP contribution in [0.2, 0.25) is 0 Å². The monoisotopic (exact) mass is 871 g/mol. The summed E-state index contributed by atoms with van der Waals surface area (Å²) >= 11 is 0. The standard InChI is InChI=1S/C36H32N2O2.C14H15NO.C8H6O2/c1-3-11-26(12-4-1)23-32-35(39-34-18-10-8-16-31(34)37-32)28-19-21-29(22-20-28)36-38(24-27-13-5-2-6-14-27)25-30-15-7-9-17-33(30)40-36;16-14-9-5-4-8-13(14)11-15-10-12-6-2-1-3-7-12;9-5-7-1-2-8(6-10)4-3-7/h1-22,32,35-37H,23-25H2;1-9,15-16H,10-11H2;1-6H. The second-order valence-corrected chi connectivity index (χ2v) is 16.2. The highest BCUT2D eigenvalue weighted by Gasteiger charge is 2.33. The topological polar surface area (TPSA) is 100 Å². The van der Waals surface area contributed by atoms with Gasteiger partial charge in [0.15, 0.2) is 6.23 Å². The number of nitrogens with one attached hydrogen (secondary N) is 2. The van der Waals surface area contributed by atoms with Gasteiger partial charge in [-0.05, 0) is 52.9 Å². The van der Waals surface area contributed by atoms with Crippen molar-refractivity contribution in [1.82, 2.24) is 10.2 Å². The number of para-hydroxylation sites is 4. The third kappa shape index (κ3) is 12.1. The second kappa shape index (κ2) is 22.7. The summed E-state index contributed by atoms with van der Waals surface area (Å²) in [5, 5.41) is 16.6. The van der Waals surface area contributed by atoms with Gasteiger partial charge in [-0.15, -0.1) is 0 Å². The Morgan fingerprint density at radius 2 is 1.09 bits per heavy atom. The first-order valence-electron chi connectivity index (χ1n) is 22.2. The number of nitrogens with zero attached hydrogens (tertiary/aromatic N) is 1. The highest BCUT2D eigenvalue weighted by Crippen LogP contribution is 2.40. The third-order valence-electron chi connectivity index (χ3n) is 11.5. The molecule has 0 amide bonds. The Hall–Kier alpha value is -7.78. The number of rotatable bonds is 12. The van der Waals surface area contributed by atoms with Gasteiger partial charge >= 0.3 is 0 Å². The first kappa shape index (κ1) is 44.8. The van der Waals surface area contributed by atoms with E-state index in [-0.39, 0.29) is 18.4 Å². The Kier molecular flexibility index (Phi) is 15.4. The van der Waals surface area contributed by atoms with Crippen LogP contribution in [0.5, 0.6) is 17.2 Å². The van der Waals surface area contributed by atoms with Gasteiger partial charge in [-0.1, -0.05) is 188 Å². The van der Waals surface area contributed by atoms with Crippen molar-refractivity contribution in [2.45, 2.75) is 51.0 Å². The predicted octanol–water partition coefficient (Wildman–Crippen LogP) is 11.9. The molecule has 0 bridgehead atoms. The number of phenolic OH excluding ortho intramolecular Hbond substituents is 1. The fourth-order valence-corrected chi connectivity index (χ4v) is 8.09. The zero-order valence-electron chi connectivity index (χ0n) is 36.7. The van der Waals surface area contributed by atoms with Crippen molar-refractivity contribution >= 4 is 18.3 Å². The number of carbonyl (C=O) groups excluding carboxylic acids is 2. The number of ether oxygens (including phenoxy) is 2. The molecule has 8 heteroatoms. The van der Waals surface area contributed by atoms with Crippen molar-refractivity contribution in [1.29, 1.82) is 0 Å². The number of phenols is 1. The molecule has 66 heavy (non-hydrogen) atoms. The maximum atomic E-state index is 10.1. The lowest BCUT2D eigenvalue weighted by atomic mass is 9.93. The van der Waals surface area contributed by atoms with Crippen LogP contribution in [0, 0.1) is 0 Å². The Balaban J connectivity index is 0.000000186. The van der Waals surface area contributed by atoms with Gasteiger partial charge in [-0.25, -0.2) is 0 Å². The fourth-order valence-electron chi connectivity index (χ4n) is 8.09. The molecule has 3 unspecified atom stereocenters. The number of benzene rings is 8. The minimum atomic E-state index is -0.171. The van der Waals surface area contributed by atoms with Crippen LogP contribution in [-0.4, -0.2) is 28.6 Å². The summed E-state index contributed by atoms with van der Waals surface area (Å²) in [5.41, 5.74) is 10.5. The van der Waals surface area contributed by atoms with Crippen molar-refractivity contribution < 1.29 is 24.2 Å². The quantitative estimate of drug-likeness (QED) is 0.104. The van der Waals surface area contributed by atoms with Crippen LogP contribution in [0.15, 0.2) is 212 Å². The summed E-state index contributed by atoms with van der Waals surface area (Å²) in [6.45, 7) is 3.15. The number of fused-ring (bicyclic) bond motifs is 2. The molecule has 2 aliphatic heterocycles. The smallest absolute Gasteiger partial charge is 0.179 e. The Labute approximate surface area is 387 Å². The van der Waals surface area contributed by atoms with E-state index in [0.29, 0.717) is 23.4 Å². The van der Waals surface area contributed by atoms with E-state index in [2.05, 4.69) is 137 Å². The van der Waals surface area contributed by atoms with Gasteiger partial charge in [-0.3, -0.25) is 14.5 Å². The van der Waals surface area contributed by atoms with Crippen molar-refractivity contribution in [3.05, 3.63) is 262 Å². The number of hydrogen-bond donors (Lipinski definition) is 3. The van der Waals surface area contributed by atoms with E-state index in [9.17, 15) is 14.7 Å². The lowest BCUT2D eigenvalue weighted by Gasteiger charge is -2.38. The van der Waals surface area contributed by atoms with Crippen LogP contribution in [0.4, 0.5) is 5.69 Å². The molecule has 8 aromatic rings. The molecule has 10 rings (SSSR count). The summed E-state index contributed by atoms with van der Waals surface area (Å²) in [4.78, 5) is 22.6. The largest absolute Gasteiger partial charge is 0.508 e. The van der Waals surface area contributed by atoms with Gasteiger partial charge in [0, 0.05) is 54.0 Å². The molecule has 8 aromatic carbocycles. The molecule has 330 valence electrons. The molecule has 3 N–H and O–H groups in total. The van der Waals surface area contributed by atoms with Crippen LogP contribution in [0.3, 0.4) is 0 Å². The molecule has 0 fully saturated rings. The lowest BCUT2D eigenvalue weighted by Crippen LogP contribution is -2.37. The van der Waals surface area contributed by atoms with E-state index in [4.69, 9.17) is 9.47 Å². The van der Waals surface area contributed by atoms with E-state index < -0.39 is 0 Å². The van der Waals surface area contributed by atoms with E-state index in [1.54, 1.807) is 30.3 Å². The van der Waals surface area contributed by atoms with E-state index in [1.165, 1.54) is 22.3 Å². The van der Waals surface area contributed by atoms with Crippen LogP contribution in [-0.2, 0) is 32.6 Å². The van der Waals surface area contributed by atoms with Crippen LogP contribution in [0.1, 0.15) is 72.0 Å². The Morgan fingerprint density at radius 1 is 0.545 bits per heavy atom. The molecule has 2 aliphatic rings. The highest BCUT2D eigenvalue weighted by molar-refractivity contribution is 5.79. The molecule has 0 aliphatic carbocycles. The van der Waals surface area contributed by atoms with Gasteiger partial charge in [0.25, 0.3) is 0 Å². The summed E-state index contributed by atoms with van der Waals surface area (Å²) in [6.07, 6.45) is 2.07. The molecule has 8 nitrogen and oxygen atoms in total. The van der Waals surface area contributed by atoms with Gasteiger partial charge in [0.1, 0.15) is 35.9 Å². The minimum Gasteiger partial charge on any atom is -0.508 e. The SMILES string of the molecule is O=Cc1ccc(C=O)cc1.Oc1ccccc1CNCc1ccccc1.c1ccc(CC2Nc3ccccc3OC2c2ccc(C3Oc4ccccc4CN3Cc3ccccc3)cc2)cc1. The van der Waals surface area contributed by atoms with Gasteiger partial charge in [0.05, 0.1) is 11.7 Å². The molecule has 0 aromatic heterocycles. The van der Waals surface area contributed by atoms with E-state index in [1.807, 2.05) is 60.7 Å². The van der Waals surface area contributed by atoms with E-state index in [0.717, 1.165) is 72.5 Å². The maximum absolute atomic E-state index is 10.1. The number of aromatic hydroxyl groups is 1. The van der Waals surface area contributed by atoms with Crippen molar-refractivity contribution in [2.75, 3.05) is 5.32 Å². The summed E-state index contributed by atoms with van der Waals surface area (Å²) < 4.78 is 13.2. The molecule has 0 radical (unpaired) electrons. The number of carbonyl (C=O) groups is 2. The molecular formula is C58H53N3O5. The van der Waals surface area contributed by atoms with Gasteiger partial charge in [0.2, 0.25) is 0 Å². The first-order chi connectivity index (χ1) is 32.5. The Bertz CT molecular complexity index is 2600. The normalized spacial score (nSPS) is 15.8. The highest BCUT2D eigenvalue weighted by atomic mass is 16.5. The zero-order chi connectivity index (χ0) is 45.3. The molecule has 0 saturated heterocycles. The van der Waals surface area contributed by atoms with Gasteiger partial charge < -0.3 is 25.2 Å². The molecule has 0 saturated carbocycles. The molecule has 2 heterocycles. The predicted molar refractivity (Wildman–Crippen MR) is 262 cm³/mol. The molecular weight excluding hydrogens is 819 g/mol. The minimum absolute atomic E-state index is 0.107. The number of hydrogen-bond acceptors (Lipinski definition) is 8. The van der Waals surface area contributed by atoms with Crippen LogP contribution in [0.25, 0.3) is 0 Å². The zero-order valence-corrected chi connectivity index (χ0v) is 36.7. The van der Waals surface area contributed by atoms with Crippen molar-refractivity contribution in [2.24, 2.45) is 0 Å². The Morgan fingerprint density at radius 3 is 1.74 bits per heavy atom. The second-order valence-electron chi connectivity index (χ2n) is 16.2.